The molecular weight excluding hydrogens is 348 g/mol. The van der Waals surface area contributed by atoms with Gasteiger partial charge in [0.15, 0.2) is 10.9 Å². The maximum absolute atomic E-state index is 13.7. The molecule has 0 fully saturated rings. The first-order valence-electron chi connectivity index (χ1n) is 7.12. The summed E-state index contributed by atoms with van der Waals surface area (Å²) in [5, 5.41) is 6.79. The summed E-state index contributed by atoms with van der Waals surface area (Å²) in [7, 11) is 0. The highest BCUT2D eigenvalue weighted by Gasteiger charge is 2.13. The van der Waals surface area contributed by atoms with Gasteiger partial charge >= 0.3 is 0 Å². The van der Waals surface area contributed by atoms with Crippen LogP contribution in [0, 0.1) is 11.6 Å². The molecule has 9 heteroatoms. The molecule has 124 valence electrons. The highest BCUT2D eigenvalue weighted by atomic mass is 32.1. The van der Waals surface area contributed by atoms with Crippen LogP contribution in [0.1, 0.15) is 10.4 Å². The van der Waals surface area contributed by atoms with Gasteiger partial charge in [0, 0.05) is 11.6 Å². The lowest BCUT2D eigenvalue weighted by molar-refractivity contribution is 0.102. The van der Waals surface area contributed by atoms with E-state index in [9.17, 15) is 13.6 Å². The first-order chi connectivity index (χ1) is 12.1. The number of halogens is 2. The number of aromatic nitrogens is 4. The summed E-state index contributed by atoms with van der Waals surface area (Å²) in [4.78, 5) is 20.1. The van der Waals surface area contributed by atoms with Crippen LogP contribution in [-0.2, 0) is 0 Å². The van der Waals surface area contributed by atoms with Gasteiger partial charge in [-0.1, -0.05) is 11.3 Å². The molecule has 0 saturated carbocycles. The van der Waals surface area contributed by atoms with Gasteiger partial charge in [-0.3, -0.25) is 10.1 Å². The van der Waals surface area contributed by atoms with E-state index in [1.165, 1.54) is 12.4 Å². The van der Waals surface area contributed by atoms with Gasteiger partial charge in [-0.2, -0.15) is 5.10 Å². The lowest BCUT2D eigenvalue weighted by Gasteiger charge is -2.03. The second kappa shape index (κ2) is 6.02. The summed E-state index contributed by atoms with van der Waals surface area (Å²) < 4.78 is 28.8. The Morgan fingerprint density at radius 2 is 1.96 bits per heavy atom. The zero-order chi connectivity index (χ0) is 17.4. The van der Waals surface area contributed by atoms with Gasteiger partial charge in [-0.05, 0) is 30.3 Å². The van der Waals surface area contributed by atoms with E-state index in [2.05, 4.69) is 20.4 Å². The third-order valence-electron chi connectivity index (χ3n) is 3.45. The van der Waals surface area contributed by atoms with E-state index in [0.29, 0.717) is 10.3 Å². The van der Waals surface area contributed by atoms with Gasteiger partial charge in [0.2, 0.25) is 0 Å². The van der Waals surface area contributed by atoms with Crippen LogP contribution >= 0.6 is 11.3 Å². The molecule has 4 rings (SSSR count). The lowest BCUT2D eigenvalue weighted by Crippen LogP contribution is -2.11. The van der Waals surface area contributed by atoms with Gasteiger partial charge in [-0.15, -0.1) is 0 Å². The Hall–Kier alpha value is -3.20. The minimum Gasteiger partial charge on any atom is -0.298 e. The van der Waals surface area contributed by atoms with Crippen LogP contribution in [0.2, 0.25) is 0 Å². The third kappa shape index (κ3) is 2.96. The van der Waals surface area contributed by atoms with Crippen molar-refractivity contribution in [1.82, 2.24) is 19.7 Å². The van der Waals surface area contributed by atoms with E-state index < -0.39 is 17.5 Å². The third-order valence-corrected chi connectivity index (χ3v) is 4.36. The Balaban J connectivity index is 1.56. The van der Waals surface area contributed by atoms with Crippen molar-refractivity contribution in [2.75, 3.05) is 5.32 Å². The van der Waals surface area contributed by atoms with Gasteiger partial charge in [-0.25, -0.2) is 23.4 Å². The molecule has 2 aromatic carbocycles. The predicted octanol–water partition coefficient (Wildman–Crippen LogP) is 3.41. The monoisotopic (exact) mass is 357 g/mol. The smallest absolute Gasteiger partial charge is 0.257 e. The molecule has 0 saturated heterocycles. The van der Waals surface area contributed by atoms with E-state index >= 15 is 0 Å². The average molecular weight is 357 g/mol. The van der Waals surface area contributed by atoms with E-state index in [1.807, 2.05) is 0 Å². The van der Waals surface area contributed by atoms with Crippen molar-refractivity contribution in [3.63, 3.8) is 0 Å². The Bertz CT molecular complexity index is 1060. The van der Waals surface area contributed by atoms with Crippen molar-refractivity contribution in [1.29, 1.82) is 0 Å². The van der Waals surface area contributed by atoms with Crippen molar-refractivity contribution in [3.05, 3.63) is 66.3 Å². The molecule has 2 heterocycles. The zero-order valence-electron chi connectivity index (χ0n) is 12.5. The average Bonchev–Trinajstić information content (AvgIpc) is 3.24. The van der Waals surface area contributed by atoms with Gasteiger partial charge in [0.1, 0.15) is 24.0 Å². The van der Waals surface area contributed by atoms with Gasteiger partial charge < -0.3 is 0 Å². The summed E-state index contributed by atoms with van der Waals surface area (Å²) in [6.07, 6.45) is 2.96. The van der Waals surface area contributed by atoms with E-state index in [0.717, 1.165) is 23.1 Å². The number of rotatable bonds is 3. The van der Waals surface area contributed by atoms with Crippen molar-refractivity contribution in [2.24, 2.45) is 0 Å². The van der Waals surface area contributed by atoms with Crippen molar-refractivity contribution in [2.45, 2.75) is 0 Å². The molecule has 2 aromatic heterocycles. The Kier molecular flexibility index (Phi) is 3.69. The van der Waals surface area contributed by atoms with Gasteiger partial charge in [0.25, 0.3) is 5.91 Å². The molecule has 6 nitrogen and oxygen atoms in total. The summed E-state index contributed by atoms with van der Waals surface area (Å²) in [6.45, 7) is 0. The normalized spacial score (nSPS) is 11.0. The molecule has 4 aromatic rings. The van der Waals surface area contributed by atoms with E-state index in [1.54, 1.807) is 35.3 Å². The summed E-state index contributed by atoms with van der Waals surface area (Å²) >= 11 is 1.00. The molecule has 1 amide bonds. The van der Waals surface area contributed by atoms with Crippen LogP contribution in [-0.4, -0.2) is 25.7 Å². The first-order valence-corrected chi connectivity index (χ1v) is 7.94. The second-order valence-electron chi connectivity index (χ2n) is 5.09. The predicted molar refractivity (Wildman–Crippen MR) is 88.8 cm³/mol. The minimum absolute atomic E-state index is 0.0308. The maximum atomic E-state index is 13.7. The number of carbonyl (C=O) groups is 1. The molecule has 0 aliphatic rings. The SMILES string of the molecule is O=C(Nc1nc2c(F)cc(F)cc2s1)c1ccc(-n2cncn2)cc1. The van der Waals surface area contributed by atoms with Crippen LogP contribution in [0.4, 0.5) is 13.9 Å². The number of carbonyl (C=O) groups excluding carboxylic acids is 1. The standard InChI is InChI=1S/C16H9F2N5OS/c17-10-5-12(18)14-13(6-10)25-16(21-14)22-15(24)9-1-3-11(4-2-9)23-8-19-7-20-23/h1-8H,(H,21,22,24). The van der Waals surface area contributed by atoms with Gasteiger partial charge in [0.05, 0.1) is 10.4 Å². The number of fused-ring (bicyclic) bond motifs is 1. The van der Waals surface area contributed by atoms with E-state index in [4.69, 9.17) is 0 Å². The number of benzene rings is 2. The fraction of sp³-hybridized carbons (Fsp3) is 0. The quantitative estimate of drug-likeness (QED) is 0.610. The molecule has 0 aliphatic heterocycles. The second-order valence-corrected chi connectivity index (χ2v) is 6.13. The molecule has 0 atom stereocenters. The molecular formula is C16H9F2N5OS. The van der Waals surface area contributed by atoms with Crippen molar-refractivity contribution in [3.8, 4) is 5.69 Å². The topological polar surface area (TPSA) is 72.7 Å². The Morgan fingerprint density at radius 3 is 2.68 bits per heavy atom. The largest absolute Gasteiger partial charge is 0.298 e. The van der Waals surface area contributed by atoms with Crippen molar-refractivity contribution < 1.29 is 13.6 Å². The molecule has 0 bridgehead atoms. The summed E-state index contributed by atoms with van der Waals surface area (Å²) in [6, 6.07) is 8.63. The van der Waals surface area contributed by atoms with Crippen LogP contribution in [0.5, 0.6) is 0 Å². The maximum Gasteiger partial charge on any atom is 0.257 e. The lowest BCUT2D eigenvalue weighted by atomic mass is 10.2. The first kappa shape index (κ1) is 15.3. The zero-order valence-corrected chi connectivity index (χ0v) is 13.3. The molecule has 0 radical (unpaired) electrons. The molecule has 0 unspecified atom stereocenters. The fourth-order valence-electron chi connectivity index (χ4n) is 2.29. The number of amides is 1. The number of nitrogens with zero attached hydrogens (tertiary/aromatic N) is 4. The minimum atomic E-state index is -0.760. The molecule has 1 N–H and O–H groups in total. The number of thiazole rings is 1. The number of hydrogen-bond donors (Lipinski definition) is 1. The highest BCUT2D eigenvalue weighted by molar-refractivity contribution is 7.22. The molecule has 0 aliphatic carbocycles. The van der Waals surface area contributed by atoms with Crippen LogP contribution in [0.3, 0.4) is 0 Å². The van der Waals surface area contributed by atoms with Crippen LogP contribution in [0.15, 0.2) is 49.1 Å². The highest BCUT2D eigenvalue weighted by Crippen LogP contribution is 2.29. The number of hydrogen-bond acceptors (Lipinski definition) is 5. The van der Waals surface area contributed by atoms with E-state index in [-0.39, 0.29) is 10.6 Å². The molecule has 0 spiro atoms. The number of nitrogens with one attached hydrogen (secondary N) is 1. The summed E-state index contributed by atoms with van der Waals surface area (Å²) in [5.41, 5.74) is 1.18. The Morgan fingerprint density at radius 1 is 1.16 bits per heavy atom. The Labute approximate surface area is 143 Å². The number of anilines is 1. The van der Waals surface area contributed by atoms with Crippen LogP contribution in [0.25, 0.3) is 15.9 Å². The van der Waals surface area contributed by atoms with Crippen LogP contribution < -0.4 is 5.32 Å². The molecule has 25 heavy (non-hydrogen) atoms. The van der Waals surface area contributed by atoms with Crippen molar-refractivity contribution >= 4 is 32.6 Å². The fourth-order valence-corrected chi connectivity index (χ4v) is 3.19. The summed E-state index contributed by atoms with van der Waals surface area (Å²) in [5.74, 6) is -1.84.